The number of carbonyl (C=O) groups is 2. The zero-order valence-electron chi connectivity index (χ0n) is 21.0. The Balaban J connectivity index is 2.37. The molecule has 0 aliphatic heterocycles. The van der Waals surface area contributed by atoms with Crippen LogP contribution in [-0.4, -0.2) is 84.2 Å². The Labute approximate surface area is 236 Å². The fraction of sp³-hybridized carbons (Fsp3) is 0.455. The van der Waals surface area contributed by atoms with Crippen LogP contribution in [0, 0.1) is 0 Å². The van der Waals surface area contributed by atoms with Gasteiger partial charge in [-0.3, -0.25) is 4.55 Å². The number of alkyl halides is 12. The van der Waals surface area contributed by atoms with Gasteiger partial charge in [0.05, 0.1) is 24.3 Å². The average Bonchev–Trinajstić information content (AvgIpc) is 2.83. The first-order chi connectivity index (χ1) is 19.6. The van der Waals surface area contributed by atoms with Crippen LogP contribution in [0.5, 0.6) is 0 Å². The predicted molar refractivity (Wildman–Crippen MR) is 118 cm³/mol. The Kier molecular flexibility index (Phi) is 9.92. The number of ether oxygens (including phenoxy) is 2. The van der Waals surface area contributed by atoms with E-state index in [1.54, 1.807) is 0 Å². The van der Waals surface area contributed by atoms with E-state index in [0.29, 0.717) is 24.3 Å². The van der Waals surface area contributed by atoms with Gasteiger partial charge in [-0.25, -0.2) is 9.59 Å². The first-order valence-electron chi connectivity index (χ1n) is 11.2. The molecule has 248 valence electrons. The molecular weight excluding hydrogens is 668 g/mol. The van der Waals surface area contributed by atoms with Gasteiger partial charge in [0.25, 0.3) is 21.3 Å². The van der Waals surface area contributed by atoms with Gasteiger partial charge < -0.3 is 19.7 Å². The number of benzene rings is 2. The van der Waals surface area contributed by atoms with Crippen LogP contribution in [-0.2, 0) is 19.6 Å². The second-order valence-corrected chi connectivity index (χ2v) is 10.3. The van der Waals surface area contributed by atoms with Gasteiger partial charge in [-0.2, -0.15) is 61.1 Å². The van der Waals surface area contributed by atoms with E-state index in [2.05, 4.69) is 9.47 Å². The maximum atomic E-state index is 12.8. The second-order valence-electron chi connectivity index (χ2n) is 8.87. The minimum Gasteiger partial charge on any atom is -0.462 e. The van der Waals surface area contributed by atoms with Gasteiger partial charge in [0, 0.05) is 18.2 Å². The summed E-state index contributed by atoms with van der Waals surface area (Å²) in [6, 6.07) is 3.10. The monoisotopic (exact) mass is 684 g/mol. The average molecular weight is 684 g/mol. The number of hydrogen-bond donors (Lipinski definition) is 3. The molecule has 22 heteroatoms. The minimum atomic E-state index is -6.26. The number of hydrogen-bond acceptors (Lipinski definition) is 8. The van der Waals surface area contributed by atoms with Crippen molar-refractivity contribution in [1.82, 2.24) is 0 Å². The highest BCUT2D eigenvalue weighted by atomic mass is 32.2. The molecule has 0 spiro atoms. The van der Waals surface area contributed by atoms with Gasteiger partial charge in [0.2, 0.25) is 0 Å². The van der Waals surface area contributed by atoms with E-state index in [1.807, 2.05) is 0 Å². The SMILES string of the molecule is O=C(OCCC(O)(C(F)(F)F)C(F)(F)F)c1ccc2c(S(=O)(=O)O)cc(C(=O)OCCC(O)(C(F)(F)F)C(F)(F)F)cc2c1. The molecule has 0 aliphatic rings. The van der Waals surface area contributed by atoms with Crippen LogP contribution in [0.3, 0.4) is 0 Å². The molecule has 0 bridgehead atoms. The molecule has 2 aromatic rings. The van der Waals surface area contributed by atoms with Crippen molar-refractivity contribution in [3.63, 3.8) is 0 Å². The Morgan fingerprint density at radius 3 is 1.36 bits per heavy atom. The lowest BCUT2D eigenvalue weighted by Crippen LogP contribution is -2.57. The third kappa shape index (κ3) is 7.46. The van der Waals surface area contributed by atoms with Crippen LogP contribution in [0.4, 0.5) is 52.7 Å². The number of aliphatic hydroxyl groups is 2. The highest BCUT2D eigenvalue weighted by Gasteiger charge is 2.71. The number of carbonyl (C=O) groups excluding carboxylic acids is 2. The summed E-state index contributed by atoms with van der Waals surface area (Å²) < 4.78 is 195. The van der Waals surface area contributed by atoms with Crippen molar-refractivity contribution in [2.75, 3.05) is 13.2 Å². The molecule has 2 rings (SSSR count). The minimum absolute atomic E-state index is 0.368. The Morgan fingerprint density at radius 1 is 0.636 bits per heavy atom. The Morgan fingerprint density at radius 2 is 1.00 bits per heavy atom. The molecule has 0 fully saturated rings. The van der Waals surface area contributed by atoms with Crippen molar-refractivity contribution in [3.05, 3.63) is 41.5 Å². The van der Waals surface area contributed by atoms with E-state index in [4.69, 9.17) is 10.2 Å². The van der Waals surface area contributed by atoms with Crippen LogP contribution < -0.4 is 0 Å². The van der Waals surface area contributed by atoms with Crippen LogP contribution in [0.2, 0.25) is 0 Å². The predicted octanol–water partition coefficient (Wildman–Crippen LogP) is 4.89. The van der Waals surface area contributed by atoms with Crippen molar-refractivity contribution in [2.45, 2.75) is 53.6 Å². The van der Waals surface area contributed by atoms with Crippen LogP contribution in [0.1, 0.15) is 33.6 Å². The molecule has 44 heavy (non-hydrogen) atoms. The molecule has 0 atom stereocenters. The lowest BCUT2D eigenvalue weighted by Gasteiger charge is -2.32. The summed E-state index contributed by atoms with van der Waals surface area (Å²) in [7, 11) is -5.26. The molecule has 0 unspecified atom stereocenters. The van der Waals surface area contributed by atoms with Gasteiger partial charge in [-0.1, -0.05) is 6.07 Å². The maximum Gasteiger partial charge on any atom is 0.426 e. The van der Waals surface area contributed by atoms with E-state index < -0.39 is 111 Å². The Bertz CT molecular complexity index is 1480. The van der Waals surface area contributed by atoms with Gasteiger partial charge >= 0.3 is 36.6 Å². The summed E-state index contributed by atoms with van der Waals surface area (Å²) in [5.41, 5.74) is -12.3. The fourth-order valence-corrected chi connectivity index (χ4v) is 4.17. The first-order valence-corrected chi connectivity index (χ1v) is 12.6. The van der Waals surface area contributed by atoms with Crippen molar-refractivity contribution in [2.24, 2.45) is 0 Å². The van der Waals surface area contributed by atoms with Crippen molar-refractivity contribution < 1.29 is 94.9 Å². The molecule has 9 nitrogen and oxygen atoms in total. The molecular formula is C22H16F12O9S. The van der Waals surface area contributed by atoms with Gasteiger partial charge in [-0.15, -0.1) is 0 Å². The smallest absolute Gasteiger partial charge is 0.426 e. The lowest BCUT2D eigenvalue weighted by atomic mass is 9.99. The standard InChI is InChI=1S/C22H16F12O9S/c23-19(24,25)17(37,20(26,27)28)3-5-42-15(35)10-1-2-13-11(7-10)8-12(9-14(13)44(39,40)41)16(36)43-6-4-18(38,21(29,30)31)22(32,33)34/h1-2,7-9,37-38H,3-6H2,(H,39,40,41). The number of esters is 2. The molecule has 0 amide bonds. The molecule has 3 N–H and O–H groups in total. The summed E-state index contributed by atoms with van der Waals surface area (Å²) in [6.45, 7) is -3.39. The zero-order chi connectivity index (χ0) is 34.3. The van der Waals surface area contributed by atoms with Gasteiger partial charge in [0.15, 0.2) is 0 Å². The third-order valence-corrected chi connectivity index (χ3v) is 6.83. The molecule has 0 heterocycles. The van der Waals surface area contributed by atoms with Crippen LogP contribution in [0.15, 0.2) is 35.2 Å². The van der Waals surface area contributed by atoms with Crippen molar-refractivity contribution in [3.8, 4) is 0 Å². The summed E-state index contributed by atoms with van der Waals surface area (Å²) in [4.78, 5) is 23.4. The number of rotatable bonds is 9. The largest absolute Gasteiger partial charge is 0.462 e. The molecule has 0 aliphatic carbocycles. The maximum absolute atomic E-state index is 12.8. The van der Waals surface area contributed by atoms with E-state index in [-0.39, 0.29) is 0 Å². The summed E-state index contributed by atoms with van der Waals surface area (Å²) in [6.07, 6.45) is -29.4. The van der Waals surface area contributed by atoms with Gasteiger partial charge in [-0.05, 0) is 29.7 Å². The van der Waals surface area contributed by atoms with Crippen LogP contribution in [0.25, 0.3) is 10.8 Å². The highest BCUT2D eigenvalue weighted by molar-refractivity contribution is 7.86. The van der Waals surface area contributed by atoms with E-state index >= 15 is 0 Å². The summed E-state index contributed by atoms with van der Waals surface area (Å²) >= 11 is 0. The van der Waals surface area contributed by atoms with Gasteiger partial charge in [0.1, 0.15) is 4.90 Å². The quantitative estimate of drug-likeness (QED) is 0.191. The number of halogens is 12. The molecule has 0 radical (unpaired) electrons. The van der Waals surface area contributed by atoms with E-state index in [0.717, 1.165) is 6.07 Å². The highest BCUT2D eigenvalue weighted by Crippen LogP contribution is 2.46. The van der Waals surface area contributed by atoms with E-state index in [9.17, 15) is 75.2 Å². The molecule has 0 saturated heterocycles. The normalized spacial score (nSPS) is 14.1. The Hall–Kier alpha value is -3.37. The first kappa shape index (κ1) is 36.8. The molecule has 2 aromatic carbocycles. The zero-order valence-corrected chi connectivity index (χ0v) is 21.8. The summed E-state index contributed by atoms with van der Waals surface area (Å²) in [5, 5.41) is 17.2. The second kappa shape index (κ2) is 11.9. The summed E-state index contributed by atoms with van der Waals surface area (Å²) in [5.74, 6) is -3.44. The fourth-order valence-electron chi connectivity index (χ4n) is 3.43. The molecule has 0 saturated carbocycles. The lowest BCUT2D eigenvalue weighted by molar-refractivity contribution is -0.371. The van der Waals surface area contributed by atoms with E-state index in [1.165, 1.54) is 0 Å². The van der Waals surface area contributed by atoms with Crippen LogP contribution >= 0.6 is 0 Å². The van der Waals surface area contributed by atoms with Crippen molar-refractivity contribution >= 4 is 32.8 Å². The molecule has 0 aromatic heterocycles. The number of fused-ring (bicyclic) bond motifs is 1. The topological polar surface area (TPSA) is 147 Å². The third-order valence-electron chi connectivity index (χ3n) is 5.93. The van der Waals surface area contributed by atoms with Crippen molar-refractivity contribution in [1.29, 1.82) is 0 Å².